The summed E-state index contributed by atoms with van der Waals surface area (Å²) < 4.78 is 28.0. The van der Waals surface area contributed by atoms with Crippen LogP contribution in [0.1, 0.15) is 11.5 Å². The lowest BCUT2D eigenvalue weighted by Gasteiger charge is -2.07. The molecule has 0 aliphatic carbocycles. The molecule has 0 amide bonds. The number of aryl methyl sites for hydroxylation is 2. The van der Waals surface area contributed by atoms with Gasteiger partial charge in [-0.1, -0.05) is 0 Å². The molecule has 0 radical (unpaired) electrons. The summed E-state index contributed by atoms with van der Waals surface area (Å²) in [5.41, 5.74) is 6.12. The first-order chi connectivity index (χ1) is 8.90. The fourth-order valence-electron chi connectivity index (χ4n) is 1.61. The van der Waals surface area contributed by atoms with Crippen molar-refractivity contribution in [3.8, 4) is 0 Å². The summed E-state index contributed by atoms with van der Waals surface area (Å²) in [7, 11) is -2.16. The summed E-state index contributed by atoms with van der Waals surface area (Å²) in [6.45, 7) is 1.80. The summed E-state index contributed by atoms with van der Waals surface area (Å²) in [6.07, 6.45) is 2.92. The van der Waals surface area contributed by atoms with E-state index >= 15 is 0 Å². The number of hydrogen-bond acceptors (Lipinski definition) is 6. The first-order valence-corrected chi connectivity index (χ1v) is 6.93. The standard InChI is InChI=1S/C10H14N6O2S/c1-7-12-4-3-8(15-7)5-14-19(17,18)10-9(11)13-6-16(10)2/h3-4,6,14H,5,11H2,1-2H3. The molecular weight excluding hydrogens is 268 g/mol. The van der Waals surface area contributed by atoms with Gasteiger partial charge in [0.25, 0.3) is 10.0 Å². The number of nitrogens with two attached hydrogens (primary N) is 1. The van der Waals surface area contributed by atoms with Gasteiger partial charge < -0.3 is 10.3 Å². The second-order valence-electron chi connectivity index (χ2n) is 3.97. The average molecular weight is 282 g/mol. The number of nitrogen functional groups attached to an aromatic ring is 1. The topological polar surface area (TPSA) is 116 Å². The van der Waals surface area contributed by atoms with E-state index in [1.165, 1.54) is 10.9 Å². The van der Waals surface area contributed by atoms with E-state index in [0.717, 1.165) is 0 Å². The van der Waals surface area contributed by atoms with Gasteiger partial charge in [-0.3, -0.25) is 0 Å². The highest BCUT2D eigenvalue weighted by atomic mass is 32.2. The molecule has 2 aromatic heterocycles. The molecule has 0 aromatic carbocycles. The molecule has 8 nitrogen and oxygen atoms in total. The van der Waals surface area contributed by atoms with Gasteiger partial charge in [-0.15, -0.1) is 0 Å². The number of hydrogen-bond donors (Lipinski definition) is 2. The Labute approximate surface area is 110 Å². The zero-order valence-corrected chi connectivity index (χ0v) is 11.3. The van der Waals surface area contributed by atoms with Gasteiger partial charge in [0.05, 0.1) is 18.6 Å². The summed E-state index contributed by atoms with van der Waals surface area (Å²) >= 11 is 0. The van der Waals surface area contributed by atoms with Gasteiger partial charge in [0.15, 0.2) is 10.8 Å². The van der Waals surface area contributed by atoms with Crippen molar-refractivity contribution < 1.29 is 8.42 Å². The molecule has 0 unspecified atom stereocenters. The Morgan fingerprint density at radius 3 is 2.74 bits per heavy atom. The first-order valence-electron chi connectivity index (χ1n) is 5.45. The van der Waals surface area contributed by atoms with Crippen molar-refractivity contribution in [3.63, 3.8) is 0 Å². The van der Waals surface area contributed by atoms with Crippen molar-refractivity contribution in [2.45, 2.75) is 18.5 Å². The molecule has 19 heavy (non-hydrogen) atoms. The lowest BCUT2D eigenvalue weighted by atomic mass is 10.4. The van der Waals surface area contributed by atoms with Crippen LogP contribution in [0.15, 0.2) is 23.6 Å². The maximum absolute atomic E-state index is 12.1. The molecular formula is C10H14N6O2S. The number of nitrogens with zero attached hydrogens (tertiary/aromatic N) is 4. The van der Waals surface area contributed by atoms with Gasteiger partial charge in [-0.2, -0.15) is 0 Å². The zero-order chi connectivity index (χ0) is 14.0. The van der Waals surface area contributed by atoms with Crippen LogP contribution < -0.4 is 10.5 Å². The third-order valence-corrected chi connectivity index (χ3v) is 3.97. The van der Waals surface area contributed by atoms with E-state index in [-0.39, 0.29) is 17.4 Å². The SMILES string of the molecule is Cc1nccc(CNS(=O)(=O)c2c(N)ncn2C)n1. The average Bonchev–Trinajstić information content (AvgIpc) is 2.67. The van der Waals surface area contributed by atoms with E-state index < -0.39 is 10.0 Å². The van der Waals surface area contributed by atoms with Crippen molar-refractivity contribution in [1.29, 1.82) is 0 Å². The number of anilines is 1. The molecule has 9 heteroatoms. The third-order valence-electron chi connectivity index (χ3n) is 2.44. The largest absolute Gasteiger partial charge is 0.381 e. The number of aromatic nitrogens is 4. The Kier molecular flexibility index (Phi) is 3.49. The molecule has 0 atom stereocenters. The highest BCUT2D eigenvalue weighted by Crippen LogP contribution is 2.15. The van der Waals surface area contributed by atoms with Crippen LogP contribution in [0, 0.1) is 6.92 Å². The quantitative estimate of drug-likeness (QED) is 0.786. The molecule has 2 heterocycles. The monoisotopic (exact) mass is 282 g/mol. The van der Waals surface area contributed by atoms with Gasteiger partial charge in [0.1, 0.15) is 5.82 Å². The van der Waals surface area contributed by atoms with Crippen molar-refractivity contribution in [1.82, 2.24) is 24.2 Å². The molecule has 3 N–H and O–H groups in total. The second kappa shape index (κ2) is 4.94. The maximum atomic E-state index is 12.1. The summed E-state index contributed by atoms with van der Waals surface area (Å²) in [4.78, 5) is 11.8. The van der Waals surface area contributed by atoms with Gasteiger partial charge in [0.2, 0.25) is 0 Å². The van der Waals surface area contributed by atoms with Gasteiger partial charge in [-0.25, -0.2) is 28.1 Å². The predicted octanol–water partition coefficient (Wildman–Crippen LogP) is -0.421. The molecule has 102 valence electrons. The normalized spacial score (nSPS) is 11.7. The van der Waals surface area contributed by atoms with Crippen LogP contribution in [0.3, 0.4) is 0 Å². The van der Waals surface area contributed by atoms with E-state index in [9.17, 15) is 8.42 Å². The van der Waals surface area contributed by atoms with Crippen LogP contribution in [-0.4, -0.2) is 27.9 Å². The van der Waals surface area contributed by atoms with Gasteiger partial charge in [0, 0.05) is 13.2 Å². The molecule has 0 bridgehead atoms. The molecule has 0 saturated carbocycles. The number of nitrogens with one attached hydrogen (secondary N) is 1. The van der Waals surface area contributed by atoms with Crippen molar-refractivity contribution in [2.24, 2.45) is 7.05 Å². The van der Waals surface area contributed by atoms with Crippen LogP contribution in [0.2, 0.25) is 0 Å². The molecule has 2 rings (SSSR count). The van der Waals surface area contributed by atoms with Crippen molar-refractivity contribution in [2.75, 3.05) is 5.73 Å². The van der Waals surface area contributed by atoms with E-state index in [4.69, 9.17) is 5.73 Å². The van der Waals surface area contributed by atoms with Crippen LogP contribution >= 0.6 is 0 Å². The second-order valence-corrected chi connectivity index (χ2v) is 5.65. The Bertz CT molecular complexity index is 674. The molecule has 0 aliphatic heterocycles. The lowest BCUT2D eigenvalue weighted by Crippen LogP contribution is -2.26. The number of sulfonamides is 1. The molecule has 2 aromatic rings. The maximum Gasteiger partial charge on any atom is 0.260 e. The van der Waals surface area contributed by atoms with Gasteiger partial charge >= 0.3 is 0 Å². The van der Waals surface area contributed by atoms with E-state index in [2.05, 4.69) is 19.7 Å². The predicted molar refractivity (Wildman–Crippen MR) is 68.4 cm³/mol. The molecule has 0 fully saturated rings. The molecule has 0 aliphatic rings. The zero-order valence-electron chi connectivity index (χ0n) is 10.5. The van der Waals surface area contributed by atoms with Gasteiger partial charge in [-0.05, 0) is 13.0 Å². The van der Waals surface area contributed by atoms with E-state index in [1.807, 2.05) is 0 Å². The smallest absolute Gasteiger partial charge is 0.260 e. The van der Waals surface area contributed by atoms with Crippen LogP contribution in [0.25, 0.3) is 0 Å². The number of imidazole rings is 1. The highest BCUT2D eigenvalue weighted by molar-refractivity contribution is 7.89. The van der Waals surface area contributed by atoms with Crippen molar-refractivity contribution in [3.05, 3.63) is 30.1 Å². The highest BCUT2D eigenvalue weighted by Gasteiger charge is 2.22. The summed E-state index contributed by atoms with van der Waals surface area (Å²) in [5, 5.41) is -0.0571. The Morgan fingerprint density at radius 1 is 1.42 bits per heavy atom. The first kappa shape index (κ1) is 13.4. The third kappa shape index (κ3) is 2.88. The molecule has 0 spiro atoms. The van der Waals surface area contributed by atoms with Crippen molar-refractivity contribution >= 4 is 15.8 Å². The lowest BCUT2D eigenvalue weighted by molar-refractivity contribution is 0.570. The number of rotatable bonds is 4. The Balaban J connectivity index is 2.19. The minimum atomic E-state index is -3.72. The van der Waals surface area contributed by atoms with E-state index in [1.54, 1.807) is 26.2 Å². The van der Waals surface area contributed by atoms with Crippen LogP contribution in [0.4, 0.5) is 5.82 Å². The minimum absolute atomic E-state index is 0.0335. The molecule has 0 saturated heterocycles. The Hall–Kier alpha value is -2.00. The van der Waals surface area contributed by atoms with E-state index in [0.29, 0.717) is 11.5 Å². The van der Waals surface area contributed by atoms with Crippen LogP contribution in [0.5, 0.6) is 0 Å². The fourth-order valence-corrected chi connectivity index (χ4v) is 2.83. The Morgan fingerprint density at radius 2 is 2.16 bits per heavy atom. The minimum Gasteiger partial charge on any atom is -0.381 e. The summed E-state index contributed by atoms with van der Waals surface area (Å²) in [5.74, 6) is 0.547. The summed E-state index contributed by atoms with van der Waals surface area (Å²) in [6, 6.07) is 1.64. The fraction of sp³-hybridized carbons (Fsp3) is 0.300. The van der Waals surface area contributed by atoms with Crippen LogP contribution in [-0.2, 0) is 23.6 Å².